The molecule has 1 N–H and O–H groups in total. The number of amides is 1. The highest BCUT2D eigenvalue weighted by atomic mass is 16.4. The molecule has 3 heterocycles. The van der Waals surface area contributed by atoms with Gasteiger partial charge in [0.05, 0.1) is 19.3 Å². The van der Waals surface area contributed by atoms with Crippen LogP contribution in [0.1, 0.15) is 24.0 Å². The minimum atomic E-state index is -1.28. The lowest BCUT2D eigenvalue weighted by Crippen LogP contribution is -2.51. The Bertz CT molecular complexity index is 1670. The van der Waals surface area contributed by atoms with Gasteiger partial charge in [-0.2, -0.15) is 5.10 Å². The van der Waals surface area contributed by atoms with Gasteiger partial charge in [0.1, 0.15) is 17.1 Å². The maximum absolute atomic E-state index is 13.9. The first kappa shape index (κ1) is 23.7. The average molecular weight is 508 g/mol. The SMILES string of the molecule is O=C([O-])NC1CCCN(c2nc3cnn(Cc4cccc5ccccc45)c(=O)c3n2Cc2ccccc2)C1. The van der Waals surface area contributed by atoms with Gasteiger partial charge in [0.2, 0.25) is 5.95 Å². The monoisotopic (exact) mass is 507 g/mol. The lowest BCUT2D eigenvalue weighted by Gasteiger charge is -2.34. The number of benzene rings is 3. The minimum absolute atomic E-state index is 0.216. The maximum Gasteiger partial charge on any atom is 0.293 e. The number of hydrogen-bond acceptors (Lipinski definition) is 6. The molecule has 1 fully saturated rings. The number of nitrogens with one attached hydrogen (secondary N) is 1. The van der Waals surface area contributed by atoms with Crippen LogP contribution in [0.2, 0.25) is 0 Å². The highest BCUT2D eigenvalue weighted by Gasteiger charge is 2.26. The summed E-state index contributed by atoms with van der Waals surface area (Å²) in [4.78, 5) is 31.9. The lowest BCUT2D eigenvalue weighted by molar-refractivity contribution is -0.251. The van der Waals surface area contributed by atoms with Crippen molar-refractivity contribution in [1.82, 2.24) is 24.6 Å². The minimum Gasteiger partial charge on any atom is -0.530 e. The molecule has 9 nitrogen and oxygen atoms in total. The summed E-state index contributed by atoms with van der Waals surface area (Å²) in [7, 11) is 0. The number of carbonyl (C=O) groups is 1. The summed E-state index contributed by atoms with van der Waals surface area (Å²) in [5.74, 6) is 0.635. The zero-order valence-electron chi connectivity index (χ0n) is 20.8. The van der Waals surface area contributed by atoms with E-state index < -0.39 is 6.09 Å². The number of anilines is 1. The number of carboxylic acid groups (broad SMARTS) is 1. The molecule has 0 spiro atoms. The molecule has 1 saturated heterocycles. The second-order valence-corrected chi connectivity index (χ2v) is 9.68. The van der Waals surface area contributed by atoms with Crippen LogP contribution < -0.4 is 20.9 Å². The van der Waals surface area contributed by atoms with Crippen molar-refractivity contribution in [2.24, 2.45) is 0 Å². The van der Waals surface area contributed by atoms with E-state index in [4.69, 9.17) is 4.98 Å². The highest BCUT2D eigenvalue weighted by molar-refractivity contribution is 5.85. The quantitative estimate of drug-likeness (QED) is 0.379. The Morgan fingerprint density at radius 3 is 2.63 bits per heavy atom. The van der Waals surface area contributed by atoms with Crippen LogP contribution in [0.4, 0.5) is 10.7 Å². The second kappa shape index (κ2) is 10.0. The molecule has 1 unspecified atom stereocenters. The van der Waals surface area contributed by atoms with Crippen molar-refractivity contribution in [2.45, 2.75) is 32.0 Å². The van der Waals surface area contributed by atoms with Gasteiger partial charge in [-0.05, 0) is 34.7 Å². The molecule has 9 heteroatoms. The second-order valence-electron chi connectivity index (χ2n) is 9.68. The van der Waals surface area contributed by atoms with Crippen LogP contribution in [0.15, 0.2) is 83.8 Å². The number of fused-ring (bicyclic) bond motifs is 2. The van der Waals surface area contributed by atoms with Crippen molar-refractivity contribution in [3.8, 4) is 0 Å². The number of hydrogen-bond donors (Lipinski definition) is 1. The molecule has 0 saturated carbocycles. The number of piperidine rings is 1. The average Bonchev–Trinajstić information content (AvgIpc) is 3.30. The molecule has 1 amide bonds. The normalized spacial score (nSPS) is 15.7. The van der Waals surface area contributed by atoms with Gasteiger partial charge >= 0.3 is 0 Å². The fourth-order valence-corrected chi connectivity index (χ4v) is 5.38. The lowest BCUT2D eigenvalue weighted by atomic mass is 10.0. The predicted octanol–water partition coefficient (Wildman–Crippen LogP) is 2.74. The van der Waals surface area contributed by atoms with E-state index in [9.17, 15) is 14.7 Å². The fourth-order valence-electron chi connectivity index (χ4n) is 5.38. The summed E-state index contributed by atoms with van der Waals surface area (Å²) < 4.78 is 3.43. The molecule has 0 radical (unpaired) electrons. The predicted molar refractivity (Wildman–Crippen MR) is 144 cm³/mol. The molecule has 1 atom stereocenters. The topological polar surface area (TPSA) is 108 Å². The van der Waals surface area contributed by atoms with E-state index >= 15 is 0 Å². The molecule has 0 aliphatic carbocycles. The van der Waals surface area contributed by atoms with E-state index in [1.807, 2.05) is 64.1 Å². The van der Waals surface area contributed by atoms with Crippen LogP contribution in [0.5, 0.6) is 0 Å². The van der Waals surface area contributed by atoms with Crippen molar-refractivity contribution in [3.05, 3.63) is 100 Å². The van der Waals surface area contributed by atoms with E-state index in [0.29, 0.717) is 43.2 Å². The summed E-state index contributed by atoms with van der Waals surface area (Å²) in [6.45, 7) is 1.95. The smallest absolute Gasteiger partial charge is 0.293 e. The first-order valence-electron chi connectivity index (χ1n) is 12.8. The Morgan fingerprint density at radius 2 is 1.79 bits per heavy atom. The summed E-state index contributed by atoms with van der Waals surface area (Å²) in [6.07, 6.45) is 1.88. The first-order chi connectivity index (χ1) is 18.6. The van der Waals surface area contributed by atoms with Crippen molar-refractivity contribution in [1.29, 1.82) is 0 Å². The van der Waals surface area contributed by atoms with E-state index in [-0.39, 0.29) is 11.6 Å². The molecule has 1 aliphatic rings. The van der Waals surface area contributed by atoms with Crippen LogP contribution >= 0.6 is 0 Å². The standard InChI is InChI=1S/C29H28N6O3/c36-27-26-25(16-30-35(27)18-22-12-6-11-21-10-4-5-14-24(21)22)32-28(34(26)17-20-8-2-1-3-9-20)33-15-7-13-23(19-33)31-29(37)38/h1-6,8-12,14,16,23,31H,7,13,15,17-19H2,(H,37,38)/p-1. The van der Waals surface area contributed by atoms with Gasteiger partial charge in [0, 0.05) is 19.1 Å². The molecular formula is C29H27N6O3-. The van der Waals surface area contributed by atoms with Gasteiger partial charge in [-0.25, -0.2) is 9.67 Å². The van der Waals surface area contributed by atoms with Gasteiger partial charge in [-0.1, -0.05) is 72.8 Å². The number of carbonyl (C=O) groups excluding carboxylic acids is 1. The van der Waals surface area contributed by atoms with E-state index in [1.54, 1.807) is 6.20 Å². The van der Waals surface area contributed by atoms with Gasteiger partial charge in [-0.3, -0.25) is 4.79 Å². The Kier molecular flexibility index (Phi) is 6.25. The van der Waals surface area contributed by atoms with Gasteiger partial charge in [-0.15, -0.1) is 0 Å². The van der Waals surface area contributed by atoms with Gasteiger partial charge in [0.15, 0.2) is 0 Å². The molecule has 1 aliphatic heterocycles. The molecule has 3 aromatic carbocycles. The number of aromatic nitrogens is 4. The Labute approximate surface area is 219 Å². The van der Waals surface area contributed by atoms with Crippen LogP contribution in [0.25, 0.3) is 21.8 Å². The Balaban J connectivity index is 1.44. The zero-order valence-corrected chi connectivity index (χ0v) is 20.8. The van der Waals surface area contributed by atoms with Gasteiger partial charge in [0.25, 0.3) is 5.56 Å². The third kappa shape index (κ3) is 4.58. The molecule has 6 rings (SSSR count). The maximum atomic E-state index is 13.9. The van der Waals surface area contributed by atoms with Crippen LogP contribution in [-0.4, -0.2) is 44.6 Å². The third-order valence-electron chi connectivity index (χ3n) is 7.14. The van der Waals surface area contributed by atoms with Crippen LogP contribution in [-0.2, 0) is 13.1 Å². The molecule has 5 aromatic rings. The van der Waals surface area contributed by atoms with E-state index in [1.165, 1.54) is 4.68 Å². The zero-order chi connectivity index (χ0) is 26.1. The van der Waals surface area contributed by atoms with Crippen LogP contribution in [0.3, 0.4) is 0 Å². The molecule has 0 bridgehead atoms. The molecular weight excluding hydrogens is 480 g/mol. The summed E-state index contributed by atoms with van der Waals surface area (Å²) in [6, 6.07) is 23.8. The van der Waals surface area contributed by atoms with Crippen molar-refractivity contribution in [3.63, 3.8) is 0 Å². The van der Waals surface area contributed by atoms with E-state index in [2.05, 4.69) is 28.6 Å². The molecule has 2 aromatic heterocycles. The number of imidazole rings is 1. The van der Waals surface area contributed by atoms with Crippen LogP contribution in [0, 0.1) is 0 Å². The third-order valence-corrected chi connectivity index (χ3v) is 7.14. The number of rotatable bonds is 6. The summed E-state index contributed by atoms with van der Waals surface area (Å²) >= 11 is 0. The van der Waals surface area contributed by atoms with Crippen molar-refractivity contribution >= 4 is 33.8 Å². The Hall–Kier alpha value is -4.66. The first-order valence-corrected chi connectivity index (χ1v) is 12.8. The number of nitrogens with zero attached hydrogens (tertiary/aromatic N) is 5. The van der Waals surface area contributed by atoms with Gasteiger partial charge < -0.3 is 24.7 Å². The summed E-state index contributed by atoms with van der Waals surface area (Å²) in [5, 5.41) is 20.3. The van der Waals surface area contributed by atoms with Crippen molar-refractivity contribution < 1.29 is 9.90 Å². The highest BCUT2D eigenvalue weighted by Crippen LogP contribution is 2.25. The largest absolute Gasteiger partial charge is 0.530 e. The fraction of sp³-hybridized carbons (Fsp3) is 0.241. The molecule has 192 valence electrons. The Morgan fingerprint density at radius 1 is 1.00 bits per heavy atom. The summed E-state index contributed by atoms with van der Waals surface area (Å²) in [5.41, 5.74) is 2.83. The molecule has 38 heavy (non-hydrogen) atoms. The van der Waals surface area contributed by atoms with E-state index in [0.717, 1.165) is 34.7 Å². The van der Waals surface area contributed by atoms with Crippen molar-refractivity contribution in [2.75, 3.05) is 18.0 Å².